The van der Waals surface area contributed by atoms with Crippen molar-refractivity contribution in [2.45, 2.75) is 32.4 Å². The number of benzene rings is 2. The Bertz CT molecular complexity index is 984. The number of amides is 1. The summed E-state index contributed by atoms with van der Waals surface area (Å²) in [6.07, 6.45) is 0.452. The molecule has 0 aromatic heterocycles. The number of halogens is 1. The maximum absolute atomic E-state index is 14.7. The lowest BCUT2D eigenvalue weighted by atomic mass is 9.95. The third kappa shape index (κ3) is 4.77. The van der Waals surface area contributed by atoms with Crippen LogP contribution in [-0.4, -0.2) is 48.1 Å². The van der Waals surface area contributed by atoms with E-state index in [1.54, 1.807) is 30.3 Å². The zero-order valence-corrected chi connectivity index (χ0v) is 17.8. The van der Waals surface area contributed by atoms with Gasteiger partial charge in [-0.1, -0.05) is 18.2 Å². The van der Waals surface area contributed by atoms with E-state index in [0.717, 1.165) is 0 Å². The quantitative estimate of drug-likeness (QED) is 0.297. The monoisotopic (exact) mass is 427 g/mol. The third-order valence-electron chi connectivity index (χ3n) is 4.99. The Morgan fingerprint density at radius 2 is 1.81 bits per heavy atom. The Balaban J connectivity index is 2.07. The predicted octanol–water partition coefficient (Wildman–Crippen LogP) is 4.07. The number of rotatable bonds is 8. The lowest BCUT2D eigenvalue weighted by Crippen LogP contribution is -2.31. The second-order valence-electron chi connectivity index (χ2n) is 7.55. The van der Waals surface area contributed by atoms with Gasteiger partial charge >= 0.3 is 0 Å². The summed E-state index contributed by atoms with van der Waals surface area (Å²) in [6.45, 7) is 4.36. The van der Waals surface area contributed by atoms with Gasteiger partial charge in [-0.15, -0.1) is 0 Å². The van der Waals surface area contributed by atoms with Gasteiger partial charge in [0.05, 0.1) is 17.7 Å². The lowest BCUT2D eigenvalue weighted by molar-refractivity contribution is -0.140. The van der Waals surface area contributed by atoms with Crippen molar-refractivity contribution >= 4 is 17.4 Å². The van der Waals surface area contributed by atoms with Gasteiger partial charge < -0.3 is 19.5 Å². The number of methoxy groups -OCH3 is 1. The molecule has 7 heteroatoms. The summed E-state index contributed by atoms with van der Waals surface area (Å²) in [5.41, 5.74) is 0.359. The second-order valence-corrected chi connectivity index (χ2v) is 7.55. The molecule has 1 N–H and O–H groups in total. The van der Waals surface area contributed by atoms with Gasteiger partial charge in [0, 0.05) is 31.4 Å². The number of carbonyl (C=O) groups is 2. The van der Waals surface area contributed by atoms with Crippen LogP contribution in [0.25, 0.3) is 5.76 Å². The predicted molar refractivity (Wildman–Crippen MR) is 114 cm³/mol. The summed E-state index contributed by atoms with van der Waals surface area (Å²) < 4.78 is 25.3. The van der Waals surface area contributed by atoms with Crippen LogP contribution in [0.15, 0.2) is 54.1 Å². The maximum atomic E-state index is 14.7. The second kappa shape index (κ2) is 9.75. The zero-order chi connectivity index (χ0) is 22.5. The number of likely N-dealkylation sites (tertiary alicyclic amines) is 1. The number of hydrogen-bond donors (Lipinski definition) is 1. The van der Waals surface area contributed by atoms with Crippen molar-refractivity contribution < 1.29 is 28.6 Å². The third-order valence-corrected chi connectivity index (χ3v) is 4.99. The fraction of sp³-hybridized carbons (Fsp3) is 0.333. The van der Waals surface area contributed by atoms with Gasteiger partial charge in [0.2, 0.25) is 0 Å². The van der Waals surface area contributed by atoms with Gasteiger partial charge in [0.15, 0.2) is 0 Å². The van der Waals surface area contributed by atoms with Gasteiger partial charge in [-0.2, -0.15) is 0 Å². The Morgan fingerprint density at radius 3 is 2.42 bits per heavy atom. The lowest BCUT2D eigenvalue weighted by Gasteiger charge is -2.25. The van der Waals surface area contributed by atoms with Crippen molar-refractivity contribution in [2.75, 3.05) is 20.3 Å². The fourth-order valence-corrected chi connectivity index (χ4v) is 3.63. The number of Topliss-reactive ketones (excluding diaryl/α,β-unsaturated/α-hetero) is 1. The molecular weight excluding hydrogens is 401 g/mol. The van der Waals surface area contributed by atoms with Crippen LogP contribution in [0.5, 0.6) is 5.75 Å². The Morgan fingerprint density at radius 1 is 1.13 bits per heavy atom. The number of aliphatic hydroxyl groups is 1. The summed E-state index contributed by atoms with van der Waals surface area (Å²) in [4.78, 5) is 26.9. The largest absolute Gasteiger partial charge is 0.507 e. The van der Waals surface area contributed by atoms with Crippen LogP contribution in [0.1, 0.15) is 37.4 Å². The summed E-state index contributed by atoms with van der Waals surface area (Å²) in [5.74, 6) is -1.91. The first-order valence-corrected chi connectivity index (χ1v) is 10.1. The van der Waals surface area contributed by atoms with E-state index in [4.69, 9.17) is 9.47 Å². The molecule has 164 valence electrons. The number of hydrogen-bond acceptors (Lipinski definition) is 5. The molecule has 0 radical (unpaired) electrons. The molecule has 2 aromatic rings. The molecule has 6 nitrogen and oxygen atoms in total. The van der Waals surface area contributed by atoms with E-state index in [9.17, 15) is 19.1 Å². The average molecular weight is 427 g/mol. The topological polar surface area (TPSA) is 76.1 Å². The molecule has 0 aliphatic carbocycles. The first kappa shape index (κ1) is 22.5. The van der Waals surface area contributed by atoms with E-state index in [1.807, 2.05) is 13.8 Å². The SMILES string of the molecule is COCCCN1C(=O)C(=O)/C(=C(\O)c2ccc(OC(C)C)cc2)C1c1ccccc1F. The fourth-order valence-electron chi connectivity index (χ4n) is 3.63. The van der Waals surface area contributed by atoms with Crippen molar-refractivity contribution in [2.24, 2.45) is 0 Å². The summed E-state index contributed by atoms with van der Waals surface area (Å²) in [7, 11) is 1.54. The first-order valence-electron chi connectivity index (χ1n) is 10.1. The van der Waals surface area contributed by atoms with Crippen LogP contribution in [0, 0.1) is 5.82 Å². The summed E-state index contributed by atoms with van der Waals surface area (Å²) in [5, 5.41) is 11.0. The highest BCUT2D eigenvalue weighted by molar-refractivity contribution is 6.46. The number of aliphatic hydroxyl groups excluding tert-OH is 1. The molecule has 2 aromatic carbocycles. The molecule has 1 fully saturated rings. The molecule has 0 bridgehead atoms. The van der Waals surface area contributed by atoms with Gasteiger partial charge in [-0.05, 0) is 50.6 Å². The highest BCUT2D eigenvalue weighted by Gasteiger charge is 2.46. The van der Waals surface area contributed by atoms with Crippen LogP contribution in [-0.2, 0) is 14.3 Å². The smallest absolute Gasteiger partial charge is 0.295 e. The minimum absolute atomic E-state index is 0.0158. The van der Waals surface area contributed by atoms with E-state index >= 15 is 0 Å². The minimum Gasteiger partial charge on any atom is -0.507 e. The average Bonchev–Trinajstić information content (AvgIpc) is 2.99. The Hall–Kier alpha value is -3.19. The molecule has 1 amide bonds. The Kier molecular flexibility index (Phi) is 7.07. The molecule has 1 aliphatic heterocycles. The van der Waals surface area contributed by atoms with Crippen molar-refractivity contribution in [3.8, 4) is 5.75 Å². The van der Waals surface area contributed by atoms with E-state index in [-0.39, 0.29) is 29.5 Å². The van der Waals surface area contributed by atoms with Crippen LogP contribution in [0.4, 0.5) is 4.39 Å². The van der Waals surface area contributed by atoms with E-state index in [0.29, 0.717) is 24.3 Å². The standard InChI is InChI=1S/C24H26FNO5/c1-15(2)31-17-11-9-16(10-12-17)22(27)20-21(18-7-4-5-8-19(18)25)26(13-6-14-30-3)24(29)23(20)28/h4-5,7-12,15,21,27H,6,13-14H2,1-3H3/b22-20-. The molecule has 1 heterocycles. The number of ether oxygens (including phenoxy) is 2. The normalized spacial score (nSPS) is 18.1. The van der Waals surface area contributed by atoms with Crippen molar-refractivity contribution in [1.82, 2.24) is 4.90 Å². The van der Waals surface area contributed by atoms with E-state index in [1.165, 1.54) is 30.2 Å². The van der Waals surface area contributed by atoms with Gasteiger partial charge in [0.25, 0.3) is 11.7 Å². The molecule has 1 saturated heterocycles. The van der Waals surface area contributed by atoms with Crippen molar-refractivity contribution in [3.05, 3.63) is 71.0 Å². The van der Waals surface area contributed by atoms with Crippen LogP contribution in [0.3, 0.4) is 0 Å². The van der Waals surface area contributed by atoms with Crippen molar-refractivity contribution in [1.29, 1.82) is 0 Å². The van der Waals surface area contributed by atoms with Gasteiger partial charge in [0.1, 0.15) is 17.3 Å². The highest BCUT2D eigenvalue weighted by atomic mass is 19.1. The molecule has 1 atom stereocenters. The first-order chi connectivity index (χ1) is 14.8. The summed E-state index contributed by atoms with van der Waals surface area (Å²) >= 11 is 0. The molecule has 0 spiro atoms. The molecule has 31 heavy (non-hydrogen) atoms. The molecular formula is C24H26FNO5. The highest BCUT2D eigenvalue weighted by Crippen LogP contribution is 2.40. The molecule has 0 saturated carbocycles. The van der Waals surface area contributed by atoms with Crippen LogP contribution >= 0.6 is 0 Å². The van der Waals surface area contributed by atoms with E-state index in [2.05, 4.69) is 0 Å². The van der Waals surface area contributed by atoms with Gasteiger partial charge in [-0.25, -0.2) is 4.39 Å². The van der Waals surface area contributed by atoms with Gasteiger partial charge in [-0.3, -0.25) is 9.59 Å². The zero-order valence-electron chi connectivity index (χ0n) is 17.8. The number of nitrogens with zero attached hydrogens (tertiary/aromatic N) is 1. The maximum Gasteiger partial charge on any atom is 0.295 e. The van der Waals surface area contributed by atoms with Crippen LogP contribution in [0.2, 0.25) is 0 Å². The molecule has 3 rings (SSSR count). The molecule has 1 aliphatic rings. The Labute approximate surface area is 180 Å². The van der Waals surface area contributed by atoms with Crippen molar-refractivity contribution in [3.63, 3.8) is 0 Å². The minimum atomic E-state index is -1.02. The van der Waals surface area contributed by atoms with E-state index < -0.39 is 23.5 Å². The number of ketones is 1. The molecule has 1 unspecified atom stereocenters. The van der Waals surface area contributed by atoms with Crippen LogP contribution < -0.4 is 4.74 Å². The number of carbonyl (C=O) groups excluding carboxylic acids is 2. The summed E-state index contributed by atoms with van der Waals surface area (Å²) in [6, 6.07) is 11.5.